The Morgan fingerprint density at radius 1 is 1.15 bits per heavy atom. The molecule has 0 saturated carbocycles. The van der Waals surface area contributed by atoms with Crippen LogP contribution < -0.4 is 10.1 Å². The van der Waals surface area contributed by atoms with Crippen LogP contribution in [0.3, 0.4) is 0 Å². The lowest BCUT2D eigenvalue weighted by Gasteiger charge is -2.24. The molecule has 1 aromatic rings. The van der Waals surface area contributed by atoms with Crippen molar-refractivity contribution in [3.05, 3.63) is 29.8 Å². The standard InChI is InChI=1S/C17H29NOS/c1-6-12-19-15-10-8-14(9-11-15)16(18-7-2)13-20-17(3,4)5/h8-11,16,18H,6-7,12-13H2,1-5H3. The largest absolute Gasteiger partial charge is 0.494 e. The molecule has 0 aliphatic rings. The van der Waals surface area contributed by atoms with Crippen LogP contribution in [0.15, 0.2) is 24.3 Å². The average Bonchev–Trinajstić information content (AvgIpc) is 2.41. The zero-order chi connectivity index (χ0) is 15.0. The summed E-state index contributed by atoms with van der Waals surface area (Å²) < 4.78 is 5.94. The Labute approximate surface area is 128 Å². The van der Waals surface area contributed by atoms with Crippen LogP contribution in [0.1, 0.15) is 52.6 Å². The molecule has 0 aliphatic carbocycles. The summed E-state index contributed by atoms with van der Waals surface area (Å²) in [6.45, 7) is 12.9. The van der Waals surface area contributed by atoms with Crippen molar-refractivity contribution < 1.29 is 4.74 Å². The SMILES string of the molecule is CCCOc1ccc(C(CSC(C)(C)C)NCC)cc1. The number of thioether (sulfide) groups is 1. The third-order valence-corrected chi connectivity index (χ3v) is 4.25. The first-order chi connectivity index (χ1) is 9.46. The van der Waals surface area contributed by atoms with Gasteiger partial charge in [0.2, 0.25) is 0 Å². The van der Waals surface area contributed by atoms with Crippen LogP contribution in [0.2, 0.25) is 0 Å². The van der Waals surface area contributed by atoms with E-state index in [0.717, 1.165) is 31.1 Å². The molecule has 1 unspecified atom stereocenters. The van der Waals surface area contributed by atoms with Crippen molar-refractivity contribution in [2.24, 2.45) is 0 Å². The van der Waals surface area contributed by atoms with Gasteiger partial charge in [-0.15, -0.1) is 0 Å². The fourth-order valence-corrected chi connectivity index (χ4v) is 2.85. The number of rotatable bonds is 8. The van der Waals surface area contributed by atoms with E-state index in [2.05, 4.69) is 64.2 Å². The van der Waals surface area contributed by atoms with E-state index in [1.165, 1.54) is 5.56 Å². The lowest BCUT2D eigenvalue weighted by Crippen LogP contribution is -2.25. The molecule has 0 bridgehead atoms. The van der Waals surface area contributed by atoms with E-state index in [1.807, 2.05) is 11.8 Å². The molecule has 0 fully saturated rings. The van der Waals surface area contributed by atoms with Crippen LogP contribution in [0.25, 0.3) is 0 Å². The van der Waals surface area contributed by atoms with Crippen LogP contribution in [-0.2, 0) is 0 Å². The highest BCUT2D eigenvalue weighted by Crippen LogP contribution is 2.29. The van der Waals surface area contributed by atoms with E-state index in [1.54, 1.807) is 0 Å². The number of ether oxygens (including phenoxy) is 1. The summed E-state index contributed by atoms with van der Waals surface area (Å²) in [5, 5.41) is 3.57. The minimum Gasteiger partial charge on any atom is -0.494 e. The van der Waals surface area contributed by atoms with Crippen molar-refractivity contribution >= 4 is 11.8 Å². The van der Waals surface area contributed by atoms with Crippen molar-refractivity contribution in [1.29, 1.82) is 0 Å². The van der Waals surface area contributed by atoms with E-state index < -0.39 is 0 Å². The van der Waals surface area contributed by atoms with Gasteiger partial charge < -0.3 is 10.1 Å². The van der Waals surface area contributed by atoms with E-state index in [0.29, 0.717) is 10.8 Å². The summed E-state index contributed by atoms with van der Waals surface area (Å²) in [6, 6.07) is 8.93. The number of benzene rings is 1. The van der Waals surface area contributed by atoms with Crippen molar-refractivity contribution in [1.82, 2.24) is 5.32 Å². The van der Waals surface area contributed by atoms with Gasteiger partial charge in [-0.25, -0.2) is 0 Å². The Morgan fingerprint density at radius 3 is 2.30 bits per heavy atom. The second-order valence-electron chi connectivity index (χ2n) is 5.95. The molecule has 1 N–H and O–H groups in total. The van der Waals surface area contributed by atoms with Gasteiger partial charge in [0, 0.05) is 16.5 Å². The number of nitrogens with one attached hydrogen (secondary N) is 1. The summed E-state index contributed by atoms with van der Waals surface area (Å²) in [5.74, 6) is 2.06. The van der Waals surface area contributed by atoms with E-state index >= 15 is 0 Å². The summed E-state index contributed by atoms with van der Waals surface area (Å²) in [5.41, 5.74) is 1.34. The Morgan fingerprint density at radius 2 is 1.80 bits per heavy atom. The molecular formula is C17H29NOS. The highest BCUT2D eigenvalue weighted by molar-refractivity contribution is 8.00. The summed E-state index contributed by atoms with van der Waals surface area (Å²) in [6.07, 6.45) is 1.05. The number of hydrogen-bond acceptors (Lipinski definition) is 3. The maximum atomic E-state index is 5.64. The van der Waals surface area contributed by atoms with Gasteiger partial charge in [-0.3, -0.25) is 0 Å². The second-order valence-corrected chi connectivity index (χ2v) is 7.80. The Kier molecular flexibility index (Phi) is 7.46. The first-order valence-electron chi connectivity index (χ1n) is 7.56. The van der Waals surface area contributed by atoms with Gasteiger partial charge in [0.05, 0.1) is 6.61 Å². The monoisotopic (exact) mass is 295 g/mol. The van der Waals surface area contributed by atoms with Crippen molar-refractivity contribution in [3.8, 4) is 5.75 Å². The minimum atomic E-state index is 0.303. The molecule has 1 atom stereocenters. The van der Waals surface area contributed by atoms with Crippen molar-refractivity contribution in [2.45, 2.75) is 51.8 Å². The molecule has 20 heavy (non-hydrogen) atoms. The quantitative estimate of drug-likeness (QED) is 0.754. The van der Waals surface area contributed by atoms with Gasteiger partial charge in [0.25, 0.3) is 0 Å². The first-order valence-corrected chi connectivity index (χ1v) is 8.55. The van der Waals surface area contributed by atoms with Gasteiger partial charge >= 0.3 is 0 Å². The first kappa shape index (κ1) is 17.4. The molecule has 2 nitrogen and oxygen atoms in total. The van der Waals surface area contributed by atoms with E-state index in [-0.39, 0.29) is 0 Å². The molecule has 0 heterocycles. The summed E-state index contributed by atoms with van der Waals surface area (Å²) >= 11 is 2.00. The molecule has 0 amide bonds. The molecular weight excluding hydrogens is 266 g/mol. The smallest absolute Gasteiger partial charge is 0.119 e. The molecule has 0 aliphatic heterocycles. The van der Waals surface area contributed by atoms with Crippen LogP contribution >= 0.6 is 11.8 Å². The Hall–Kier alpha value is -0.670. The van der Waals surface area contributed by atoms with Gasteiger partial charge in [0.1, 0.15) is 5.75 Å². The van der Waals surface area contributed by atoms with E-state index in [9.17, 15) is 0 Å². The highest BCUT2D eigenvalue weighted by atomic mass is 32.2. The third-order valence-electron chi connectivity index (χ3n) is 2.89. The lowest BCUT2D eigenvalue weighted by molar-refractivity contribution is 0.317. The molecule has 1 rings (SSSR count). The van der Waals surface area contributed by atoms with Crippen LogP contribution in [0.5, 0.6) is 5.75 Å². The maximum Gasteiger partial charge on any atom is 0.119 e. The van der Waals surface area contributed by atoms with E-state index in [4.69, 9.17) is 4.74 Å². The molecule has 0 radical (unpaired) electrons. The fraction of sp³-hybridized carbons (Fsp3) is 0.647. The lowest BCUT2D eigenvalue weighted by atomic mass is 10.1. The van der Waals surface area contributed by atoms with Crippen LogP contribution in [-0.4, -0.2) is 23.7 Å². The van der Waals surface area contributed by atoms with Gasteiger partial charge in [0.15, 0.2) is 0 Å². The maximum absolute atomic E-state index is 5.64. The molecule has 1 aromatic carbocycles. The zero-order valence-electron chi connectivity index (χ0n) is 13.5. The fourth-order valence-electron chi connectivity index (χ4n) is 1.87. The second kappa shape index (κ2) is 8.58. The topological polar surface area (TPSA) is 21.3 Å². The average molecular weight is 295 g/mol. The Balaban J connectivity index is 2.66. The van der Waals surface area contributed by atoms with Crippen molar-refractivity contribution in [2.75, 3.05) is 18.9 Å². The highest BCUT2D eigenvalue weighted by Gasteiger charge is 2.16. The predicted molar refractivity (Wildman–Crippen MR) is 90.9 cm³/mol. The molecule has 114 valence electrons. The van der Waals surface area contributed by atoms with Crippen LogP contribution in [0, 0.1) is 0 Å². The molecule has 0 spiro atoms. The minimum absolute atomic E-state index is 0.303. The summed E-state index contributed by atoms with van der Waals surface area (Å²) in [7, 11) is 0. The van der Waals surface area contributed by atoms with Gasteiger partial charge in [-0.2, -0.15) is 11.8 Å². The Bertz CT molecular complexity index is 370. The molecule has 0 saturated heterocycles. The van der Waals surface area contributed by atoms with Gasteiger partial charge in [-0.05, 0) is 30.7 Å². The normalized spacial score (nSPS) is 13.2. The van der Waals surface area contributed by atoms with Gasteiger partial charge in [-0.1, -0.05) is 46.8 Å². The molecule has 0 aromatic heterocycles. The predicted octanol–water partition coefficient (Wildman–Crippen LogP) is 4.66. The van der Waals surface area contributed by atoms with Crippen LogP contribution in [0.4, 0.5) is 0 Å². The third kappa shape index (κ3) is 6.67. The number of hydrogen-bond donors (Lipinski definition) is 1. The van der Waals surface area contributed by atoms with Crippen molar-refractivity contribution in [3.63, 3.8) is 0 Å². The molecule has 3 heteroatoms. The zero-order valence-corrected chi connectivity index (χ0v) is 14.3. The summed E-state index contributed by atoms with van der Waals surface area (Å²) in [4.78, 5) is 0.